The Morgan fingerprint density at radius 2 is 2.00 bits per heavy atom. The van der Waals surface area contributed by atoms with Crippen molar-refractivity contribution in [3.05, 3.63) is 24.3 Å². The molecule has 0 amide bonds. The topological polar surface area (TPSA) is 53.4 Å². The van der Waals surface area contributed by atoms with Gasteiger partial charge in [-0.1, -0.05) is 12.8 Å². The molecule has 0 atom stereocenters. The van der Waals surface area contributed by atoms with Gasteiger partial charge in [0.1, 0.15) is 5.69 Å². The molecule has 0 unspecified atom stereocenters. The number of hydrazone groups is 1. The number of hydrogen-bond acceptors (Lipinski definition) is 4. The third kappa shape index (κ3) is 6.61. The van der Waals surface area contributed by atoms with Gasteiger partial charge in [0.15, 0.2) is 5.11 Å². The zero-order chi connectivity index (χ0) is 14.6. The molecule has 0 aromatic carbocycles. The fourth-order valence-corrected chi connectivity index (χ4v) is 2.11. The van der Waals surface area contributed by atoms with E-state index >= 15 is 0 Å². The molecule has 0 aliphatic carbocycles. The molecule has 20 heavy (non-hydrogen) atoms. The molecule has 0 spiro atoms. The molecule has 1 aromatic heterocycles. The number of nitrogens with one attached hydrogen (secondary N) is 1. The molecular weight excluding hydrogens is 345 g/mol. The summed E-state index contributed by atoms with van der Waals surface area (Å²) in [6, 6.07) is 0. The third-order valence-corrected chi connectivity index (χ3v) is 3.18. The van der Waals surface area contributed by atoms with Crippen LogP contribution in [-0.2, 0) is 15.1 Å². The van der Waals surface area contributed by atoms with Crippen molar-refractivity contribution in [2.45, 2.75) is 25.7 Å². The summed E-state index contributed by atoms with van der Waals surface area (Å²) in [7, 11) is 4.20. The van der Waals surface area contributed by atoms with Crippen LogP contribution in [0.1, 0.15) is 31.4 Å². The van der Waals surface area contributed by atoms with Gasteiger partial charge in [0.25, 0.3) is 0 Å². The molecule has 0 radical (unpaired) electrons. The van der Waals surface area contributed by atoms with E-state index in [1.54, 1.807) is 24.8 Å². The van der Waals surface area contributed by atoms with E-state index in [1.807, 2.05) is 0 Å². The second kappa shape index (κ2) is 11.0. The van der Waals surface area contributed by atoms with Crippen LogP contribution in [0.15, 0.2) is 23.7 Å². The SMILES string of the molecule is S=C(NN=Cc1cnccn1)N1CCCCCC1.[Cl][Cu+]. The monoisotopic (exact) mass is 361 g/mol. The molecule has 2 heterocycles. The summed E-state index contributed by atoms with van der Waals surface area (Å²) in [6.45, 7) is 2.04. The number of aromatic nitrogens is 2. The number of hydrogen-bond donors (Lipinski definition) is 1. The number of rotatable bonds is 2. The van der Waals surface area contributed by atoms with E-state index < -0.39 is 0 Å². The van der Waals surface area contributed by atoms with Crippen molar-refractivity contribution < 1.29 is 15.1 Å². The van der Waals surface area contributed by atoms with E-state index in [9.17, 15) is 0 Å². The van der Waals surface area contributed by atoms with E-state index in [4.69, 9.17) is 12.2 Å². The van der Waals surface area contributed by atoms with E-state index in [-0.39, 0.29) is 0 Å². The number of halogens is 1. The van der Waals surface area contributed by atoms with E-state index in [0.29, 0.717) is 10.8 Å². The minimum absolute atomic E-state index is 0.692. The Balaban J connectivity index is 0.000000956. The maximum atomic E-state index is 5.31. The average Bonchev–Trinajstić information content (AvgIpc) is 2.79. The van der Waals surface area contributed by atoms with Gasteiger partial charge in [0, 0.05) is 25.5 Å². The van der Waals surface area contributed by atoms with Crippen LogP contribution >= 0.6 is 22.3 Å². The Kier molecular flexibility index (Phi) is 9.49. The summed E-state index contributed by atoms with van der Waals surface area (Å²) in [5, 5.41) is 4.78. The van der Waals surface area contributed by atoms with Crippen LogP contribution in [0, 0.1) is 0 Å². The second-order valence-electron chi connectivity index (χ2n) is 4.21. The van der Waals surface area contributed by atoms with Crippen LogP contribution in [0.3, 0.4) is 0 Å². The average molecular weight is 362 g/mol. The Hall–Kier alpha value is -0.751. The van der Waals surface area contributed by atoms with Crippen molar-refractivity contribution in [2.24, 2.45) is 5.10 Å². The molecule has 2 rings (SSSR count). The van der Waals surface area contributed by atoms with Crippen LogP contribution in [0.2, 0.25) is 0 Å². The fraction of sp³-hybridized carbons (Fsp3) is 0.500. The van der Waals surface area contributed by atoms with Gasteiger partial charge in [0.2, 0.25) is 0 Å². The second-order valence-corrected chi connectivity index (χ2v) is 4.59. The zero-order valence-corrected chi connectivity index (χ0v) is 13.4. The summed E-state index contributed by atoms with van der Waals surface area (Å²) in [5.74, 6) is 0. The molecule has 5 nitrogen and oxygen atoms in total. The predicted molar refractivity (Wildman–Crippen MR) is 81.3 cm³/mol. The molecule has 0 bridgehead atoms. The number of likely N-dealkylation sites (tertiary alicyclic amines) is 1. The molecule has 1 aromatic rings. The molecule has 1 aliphatic heterocycles. The van der Waals surface area contributed by atoms with Gasteiger partial charge in [-0.3, -0.25) is 15.4 Å². The first-order valence-corrected chi connectivity index (χ1v) is 8.02. The van der Waals surface area contributed by atoms with Gasteiger partial charge < -0.3 is 4.90 Å². The van der Waals surface area contributed by atoms with E-state index in [0.717, 1.165) is 13.1 Å². The zero-order valence-electron chi connectivity index (χ0n) is 10.9. The molecule has 113 valence electrons. The van der Waals surface area contributed by atoms with Crippen molar-refractivity contribution in [1.82, 2.24) is 20.3 Å². The van der Waals surface area contributed by atoms with E-state index in [2.05, 4.69) is 50.6 Å². The molecular formula is C12H17ClCuN5S+. The van der Waals surface area contributed by atoms with E-state index in [1.165, 1.54) is 25.7 Å². The van der Waals surface area contributed by atoms with Crippen molar-refractivity contribution in [3.63, 3.8) is 0 Å². The van der Waals surface area contributed by atoms with Crippen molar-refractivity contribution in [3.8, 4) is 0 Å². The van der Waals surface area contributed by atoms with Gasteiger partial charge in [0.05, 0.1) is 12.4 Å². The summed E-state index contributed by atoms with van der Waals surface area (Å²) < 4.78 is 0. The van der Waals surface area contributed by atoms with Gasteiger partial charge in [-0.15, -0.1) is 0 Å². The van der Waals surface area contributed by atoms with Crippen LogP contribution < -0.4 is 5.43 Å². The first-order valence-electron chi connectivity index (χ1n) is 6.31. The Morgan fingerprint density at radius 1 is 1.30 bits per heavy atom. The summed E-state index contributed by atoms with van der Waals surface area (Å²) >= 11 is 8.97. The molecule has 0 saturated carbocycles. The molecule has 1 aliphatic rings. The maximum absolute atomic E-state index is 5.31. The first-order chi connectivity index (χ1) is 9.86. The predicted octanol–water partition coefficient (Wildman–Crippen LogP) is 2.25. The van der Waals surface area contributed by atoms with Crippen molar-refractivity contribution >= 4 is 33.6 Å². The summed E-state index contributed by atoms with van der Waals surface area (Å²) in [5.41, 5.74) is 3.60. The third-order valence-electron chi connectivity index (χ3n) is 2.83. The Bertz CT molecular complexity index is 410. The Morgan fingerprint density at radius 3 is 2.60 bits per heavy atom. The fourth-order valence-electron chi connectivity index (χ4n) is 1.88. The van der Waals surface area contributed by atoms with Crippen LogP contribution in [0.5, 0.6) is 0 Å². The Labute approximate surface area is 137 Å². The van der Waals surface area contributed by atoms with Crippen molar-refractivity contribution in [2.75, 3.05) is 13.1 Å². The van der Waals surface area contributed by atoms with Gasteiger partial charge in [-0.05, 0) is 25.1 Å². The van der Waals surface area contributed by atoms with Gasteiger partial charge in [-0.25, -0.2) is 0 Å². The molecule has 8 heteroatoms. The molecule has 1 saturated heterocycles. The quantitative estimate of drug-likeness (QED) is 0.379. The standard InChI is InChI=1S/C12H17N5S.ClH.Cu/c18-12(17-7-3-1-2-4-8-17)16-15-10-11-9-13-5-6-14-11;;/h5-6,9-10H,1-4,7-8H2,(H,16,18);1H;/q;;+2/p-1. The summed E-state index contributed by atoms with van der Waals surface area (Å²) in [4.78, 5) is 10.2. The number of thiocarbonyl (C=S) groups is 1. The summed E-state index contributed by atoms with van der Waals surface area (Å²) in [6.07, 6.45) is 11.5. The van der Waals surface area contributed by atoms with Crippen LogP contribution in [0.4, 0.5) is 0 Å². The van der Waals surface area contributed by atoms with Crippen LogP contribution in [0.25, 0.3) is 0 Å². The molecule has 1 N–H and O–H groups in total. The van der Waals surface area contributed by atoms with Gasteiger partial charge >= 0.3 is 25.2 Å². The first kappa shape index (κ1) is 17.3. The van der Waals surface area contributed by atoms with Crippen molar-refractivity contribution in [1.29, 1.82) is 0 Å². The normalized spacial score (nSPS) is 15.2. The minimum atomic E-state index is 0.692. The number of nitrogens with zero attached hydrogens (tertiary/aromatic N) is 4. The van der Waals surface area contributed by atoms with Gasteiger partial charge in [-0.2, -0.15) is 5.10 Å². The molecule has 1 fully saturated rings. The van der Waals surface area contributed by atoms with Crippen LogP contribution in [-0.4, -0.2) is 39.3 Å².